The maximum absolute atomic E-state index is 12.8. The lowest BCUT2D eigenvalue weighted by molar-refractivity contribution is -0.115. The number of carbonyl (C=O) groups is 2. The Balaban J connectivity index is 1.41. The lowest BCUT2D eigenvalue weighted by Gasteiger charge is -2.16. The molecule has 2 amide bonds. The largest absolute Gasteiger partial charge is 0.349 e. The van der Waals surface area contributed by atoms with Gasteiger partial charge in [0, 0.05) is 41.7 Å². The molecule has 1 fully saturated rings. The van der Waals surface area contributed by atoms with Gasteiger partial charge in [0.2, 0.25) is 5.91 Å². The number of benzene rings is 2. The zero-order valence-corrected chi connectivity index (χ0v) is 19.5. The highest BCUT2D eigenvalue weighted by molar-refractivity contribution is 5.98. The van der Waals surface area contributed by atoms with E-state index in [0.29, 0.717) is 5.56 Å². The number of amides is 2. The van der Waals surface area contributed by atoms with Gasteiger partial charge in [-0.1, -0.05) is 31.8 Å². The van der Waals surface area contributed by atoms with E-state index in [1.54, 1.807) is 18.5 Å². The Morgan fingerprint density at radius 3 is 2.59 bits per heavy atom. The summed E-state index contributed by atoms with van der Waals surface area (Å²) < 4.78 is 0. The molecule has 0 radical (unpaired) electrons. The molecule has 34 heavy (non-hydrogen) atoms. The predicted octanol–water partition coefficient (Wildman–Crippen LogP) is 5.62. The van der Waals surface area contributed by atoms with Crippen molar-refractivity contribution in [3.63, 3.8) is 0 Å². The first-order valence-electron chi connectivity index (χ1n) is 12.0. The van der Waals surface area contributed by atoms with Gasteiger partial charge in [-0.25, -0.2) is 4.98 Å². The minimum Gasteiger partial charge on any atom is -0.349 e. The molecular weight excluding hydrogens is 426 g/mol. The Morgan fingerprint density at radius 1 is 1.09 bits per heavy atom. The minimum atomic E-state index is -0.103. The molecule has 2 aromatic carbocycles. The fourth-order valence-corrected chi connectivity index (χ4v) is 4.21. The lowest BCUT2D eigenvalue weighted by Crippen LogP contribution is -2.34. The Kier molecular flexibility index (Phi) is 7.86. The van der Waals surface area contributed by atoms with Crippen LogP contribution in [0.4, 0.5) is 5.69 Å². The Bertz CT molecular complexity index is 1190. The molecule has 4 rings (SSSR count). The SMILES string of the molecule is CC=N/C=C\CC(=O)Nc1ccc(-c2nc3ccc(C(=O)NC4CCCCCC4)cc3[nH]2)cc1. The highest BCUT2D eigenvalue weighted by Gasteiger charge is 2.16. The van der Waals surface area contributed by atoms with Crippen molar-refractivity contribution in [2.24, 2.45) is 4.99 Å². The van der Waals surface area contributed by atoms with E-state index in [9.17, 15) is 9.59 Å². The number of nitrogens with zero attached hydrogens (tertiary/aromatic N) is 2. The summed E-state index contributed by atoms with van der Waals surface area (Å²) in [7, 11) is 0. The number of aromatic amines is 1. The average Bonchev–Trinajstić information content (AvgIpc) is 3.11. The third-order valence-corrected chi connectivity index (χ3v) is 6.02. The molecule has 7 heteroatoms. The minimum absolute atomic E-state index is 0.0265. The maximum Gasteiger partial charge on any atom is 0.251 e. The van der Waals surface area contributed by atoms with Gasteiger partial charge in [-0.05, 0) is 62.2 Å². The molecule has 0 atom stereocenters. The summed E-state index contributed by atoms with van der Waals surface area (Å²) in [5, 5.41) is 6.06. The van der Waals surface area contributed by atoms with Gasteiger partial charge >= 0.3 is 0 Å². The summed E-state index contributed by atoms with van der Waals surface area (Å²) in [6.07, 6.45) is 12.2. The second-order valence-corrected chi connectivity index (χ2v) is 8.60. The Labute approximate surface area is 199 Å². The number of carbonyl (C=O) groups excluding carboxylic acids is 2. The van der Waals surface area contributed by atoms with E-state index >= 15 is 0 Å². The lowest BCUT2D eigenvalue weighted by atomic mass is 10.1. The fraction of sp³-hybridized carbons (Fsp3) is 0.333. The zero-order valence-electron chi connectivity index (χ0n) is 19.5. The fourth-order valence-electron chi connectivity index (χ4n) is 4.21. The Morgan fingerprint density at radius 2 is 1.85 bits per heavy atom. The highest BCUT2D eigenvalue weighted by atomic mass is 16.2. The van der Waals surface area contributed by atoms with Gasteiger partial charge in [0.05, 0.1) is 11.0 Å². The third-order valence-electron chi connectivity index (χ3n) is 6.02. The van der Waals surface area contributed by atoms with Crippen LogP contribution in [0.1, 0.15) is 62.2 Å². The second-order valence-electron chi connectivity index (χ2n) is 8.60. The van der Waals surface area contributed by atoms with Crippen LogP contribution in [0.25, 0.3) is 22.4 Å². The molecule has 1 aliphatic carbocycles. The van der Waals surface area contributed by atoms with Crippen LogP contribution >= 0.6 is 0 Å². The van der Waals surface area contributed by atoms with E-state index in [2.05, 4.69) is 25.6 Å². The molecule has 7 nitrogen and oxygen atoms in total. The number of imidazole rings is 1. The predicted molar refractivity (Wildman–Crippen MR) is 137 cm³/mol. The molecule has 3 aromatic rings. The smallest absolute Gasteiger partial charge is 0.251 e. The summed E-state index contributed by atoms with van der Waals surface area (Å²) in [4.78, 5) is 36.7. The number of fused-ring (bicyclic) bond motifs is 1. The van der Waals surface area contributed by atoms with Crippen LogP contribution in [0, 0.1) is 0 Å². The van der Waals surface area contributed by atoms with Crippen molar-refractivity contribution in [1.29, 1.82) is 0 Å². The van der Waals surface area contributed by atoms with E-state index < -0.39 is 0 Å². The number of hydrogen-bond donors (Lipinski definition) is 3. The molecule has 1 aliphatic rings. The normalized spacial score (nSPS) is 15.1. The van der Waals surface area contributed by atoms with Crippen molar-refractivity contribution in [3.8, 4) is 11.4 Å². The first-order valence-corrected chi connectivity index (χ1v) is 12.0. The number of H-pyrrole nitrogens is 1. The summed E-state index contributed by atoms with van der Waals surface area (Å²) in [5.41, 5.74) is 3.89. The highest BCUT2D eigenvalue weighted by Crippen LogP contribution is 2.23. The van der Waals surface area contributed by atoms with Crippen molar-refractivity contribution >= 4 is 34.7 Å². The molecule has 1 aromatic heterocycles. The standard InChI is InChI=1S/C27H31N5O2/c1-2-28-17-7-10-25(33)29-22-14-11-19(12-15-22)26-31-23-16-13-20(18-24(23)32-26)27(34)30-21-8-5-3-4-6-9-21/h2,7,11-18,21H,3-6,8-10H2,1H3,(H,29,33)(H,30,34)(H,31,32)/b17-7-,28-2?. The summed E-state index contributed by atoms with van der Waals surface area (Å²) in [5.74, 6) is 0.588. The molecule has 3 N–H and O–H groups in total. The Hall–Kier alpha value is -3.74. The molecule has 0 bridgehead atoms. The first kappa shape index (κ1) is 23.4. The van der Waals surface area contributed by atoms with Gasteiger partial charge in [0.1, 0.15) is 5.82 Å². The number of aromatic nitrogens is 2. The molecule has 0 aliphatic heterocycles. The molecule has 0 unspecified atom stereocenters. The number of rotatable bonds is 7. The van der Waals surface area contributed by atoms with Crippen LogP contribution in [-0.2, 0) is 4.79 Å². The van der Waals surface area contributed by atoms with Crippen molar-refractivity contribution in [1.82, 2.24) is 15.3 Å². The van der Waals surface area contributed by atoms with Crippen molar-refractivity contribution in [2.45, 2.75) is 57.9 Å². The zero-order chi connectivity index (χ0) is 23.8. The summed E-state index contributed by atoms with van der Waals surface area (Å²) in [6, 6.07) is 13.3. The average molecular weight is 458 g/mol. The molecular formula is C27H31N5O2. The van der Waals surface area contributed by atoms with Crippen LogP contribution in [0.3, 0.4) is 0 Å². The monoisotopic (exact) mass is 457 g/mol. The molecule has 0 spiro atoms. The topological polar surface area (TPSA) is 99.2 Å². The van der Waals surface area contributed by atoms with Crippen LogP contribution in [-0.4, -0.2) is 34.0 Å². The van der Waals surface area contributed by atoms with Gasteiger partial charge in [-0.15, -0.1) is 0 Å². The van der Waals surface area contributed by atoms with Crippen molar-refractivity contribution in [3.05, 3.63) is 60.3 Å². The van der Waals surface area contributed by atoms with Gasteiger partial charge in [-0.3, -0.25) is 14.6 Å². The van der Waals surface area contributed by atoms with E-state index in [0.717, 1.165) is 41.0 Å². The number of hydrogen-bond acceptors (Lipinski definition) is 4. The summed E-state index contributed by atoms with van der Waals surface area (Å²) >= 11 is 0. The van der Waals surface area contributed by atoms with Crippen molar-refractivity contribution < 1.29 is 9.59 Å². The maximum atomic E-state index is 12.8. The number of nitrogens with one attached hydrogen (secondary N) is 3. The van der Waals surface area contributed by atoms with Crippen LogP contribution in [0.15, 0.2) is 59.7 Å². The molecule has 1 heterocycles. The molecule has 176 valence electrons. The number of anilines is 1. The van der Waals surface area contributed by atoms with Gasteiger partial charge < -0.3 is 15.6 Å². The van der Waals surface area contributed by atoms with Crippen LogP contribution in [0.2, 0.25) is 0 Å². The second kappa shape index (κ2) is 11.4. The summed E-state index contributed by atoms with van der Waals surface area (Å²) in [6.45, 7) is 1.82. The van der Waals surface area contributed by atoms with E-state index in [-0.39, 0.29) is 24.3 Å². The third kappa shape index (κ3) is 6.19. The molecule has 1 saturated carbocycles. The van der Waals surface area contributed by atoms with E-state index in [4.69, 9.17) is 0 Å². The van der Waals surface area contributed by atoms with Crippen molar-refractivity contribution in [2.75, 3.05) is 5.32 Å². The molecule has 0 saturated heterocycles. The van der Waals surface area contributed by atoms with Crippen LogP contribution < -0.4 is 10.6 Å². The van der Waals surface area contributed by atoms with Gasteiger partial charge in [-0.2, -0.15) is 0 Å². The van der Waals surface area contributed by atoms with Gasteiger partial charge in [0.25, 0.3) is 5.91 Å². The quantitative estimate of drug-likeness (QED) is 0.317. The first-order chi connectivity index (χ1) is 16.6. The van der Waals surface area contributed by atoms with Gasteiger partial charge in [0.15, 0.2) is 0 Å². The number of aliphatic imine (C=N–C) groups is 1. The van der Waals surface area contributed by atoms with E-state index in [1.165, 1.54) is 25.7 Å². The van der Waals surface area contributed by atoms with Crippen LogP contribution in [0.5, 0.6) is 0 Å². The van der Waals surface area contributed by atoms with E-state index in [1.807, 2.05) is 49.4 Å².